The van der Waals surface area contributed by atoms with Crippen LogP contribution in [-0.2, 0) is 94.3 Å². The van der Waals surface area contributed by atoms with E-state index in [2.05, 4.69) is 65.2 Å². The van der Waals surface area contributed by atoms with Crippen LogP contribution in [0.15, 0.2) is 152 Å². The minimum atomic E-state index is -3.51. The van der Waals surface area contributed by atoms with Crippen molar-refractivity contribution < 1.29 is 65.8 Å². The number of hydrogen-bond donors (Lipinski definition) is 3. The zero-order valence-electron chi connectivity index (χ0n) is 79.0. The molecule has 0 radical (unpaired) electrons. The SMILES string of the molecule is CC1(S(=O)(=O)Nc2nnc3cc(COc4cc(Cl)cc(Cl)c4)c(C4CC4)cn23)CC1.CS(=O)(=O)Cc1nnc2cc(COc3cc(Cl)cc(Cl)c3)c(C3CC3)cn12.Cc1cc(Cl)cc(OCc2cc3nnc(NS(=O)(=O)C4(C)CC4)n3cc2C2CC2)c1.Cc1cc(Cl)cc(OCc2cc3nnc(NS(=O)(=O)C4CC4)n3cc2C2CC2)c1.O=S(=O)(Cc1nnc2cc(COc3cc(Cl)cc(Cl)c3)c(C3CC3)cn12)C1CC1. The van der Waals surface area contributed by atoms with Crippen molar-refractivity contribution in [3.05, 3.63) is 271 Å². The molecule has 33 nitrogen and oxygen atoms in total. The van der Waals surface area contributed by atoms with Crippen molar-refractivity contribution >= 4 is 189 Å². The number of aryl methyl sites for hydroxylation is 2. The number of sulfone groups is 2. The van der Waals surface area contributed by atoms with Gasteiger partial charge in [-0.1, -0.05) is 92.8 Å². The number of fused-ring (bicyclic) bond motifs is 5. The molecule has 145 heavy (non-hydrogen) atoms. The highest BCUT2D eigenvalue weighted by Crippen LogP contribution is 2.50. The Hall–Kier alpha value is -10.3. The monoisotopic (exact) mass is 2220 g/mol. The fraction of sp³-hybridized carbons (Fsp3) is 0.394. The standard InChI is InChI=1S/C21H23ClN4O3S.C20H20Cl2N4O3S.C20H19Cl2N3O3S.C20H21ClN4O3S.C18H17Cl2N3O3S/c1-13-7-16(22)10-17(8-13)29-12-15-9-19-23-24-20(25-30(27,28)21(2)5-6-21)26(19)11-18(15)14-3-4-14;1-20(4-5-20)30(27,28)25-19-24-23-18-6-13(17(10-26(18)19)12-2-3-12)11-29-16-8-14(21)7-15(22)9-16;21-14-6-15(22)8-16(7-14)28-10-13-5-19-23-24-20(11-29(26,27)17-3-4-17)25(19)9-18(13)12-1-2-12;1-12-6-15(21)9-16(7-12)28-11-14-8-19-22-23-20(24-29(26,27)17-4-5-17)25(19)10-18(14)13-2-3-13;1-27(24,25)10-18-22-21-17-4-12(16(8-23(17)18)11-2-3-11)9-26-15-6-13(19)5-14(20)7-15/h7-11,14H,3-6,12H2,1-2H3,(H,24,25);6-10,12H,2-5,11H2,1H3,(H,24,25);5-9,12,17H,1-4,10-11H2;6-10,13,17H,2-5,11H2,1H3,(H,23,24);4-8,11H,2-3,9-10H2,1H3. The van der Waals surface area contributed by atoms with Gasteiger partial charge >= 0.3 is 0 Å². The van der Waals surface area contributed by atoms with Gasteiger partial charge in [0.25, 0.3) is 0 Å². The average molecular weight is 2230 g/mol. The molecule has 46 heteroatoms. The number of ether oxygens (including phenoxy) is 5. The van der Waals surface area contributed by atoms with Gasteiger partial charge in [-0.2, -0.15) is 0 Å². The maximum Gasteiger partial charge on any atom is 0.242 e. The van der Waals surface area contributed by atoms with Crippen LogP contribution in [0.1, 0.15) is 237 Å². The summed E-state index contributed by atoms with van der Waals surface area (Å²) in [6.07, 6.45) is 27.5. The fourth-order valence-electron chi connectivity index (χ4n) is 17.0. The molecule has 9 saturated carbocycles. The van der Waals surface area contributed by atoms with E-state index in [1.165, 1.54) is 6.26 Å². The van der Waals surface area contributed by atoms with Crippen molar-refractivity contribution in [3.63, 3.8) is 0 Å². The van der Waals surface area contributed by atoms with Crippen LogP contribution in [-0.4, -0.2) is 141 Å². The molecule has 15 aromatic rings. The summed E-state index contributed by atoms with van der Waals surface area (Å²) >= 11 is 48.5. The van der Waals surface area contributed by atoms with E-state index < -0.39 is 59.2 Å². The van der Waals surface area contributed by atoms with Gasteiger partial charge in [-0.25, -0.2) is 42.1 Å². The van der Waals surface area contributed by atoms with E-state index >= 15 is 0 Å². The molecule has 0 unspecified atom stereocenters. The first-order valence-electron chi connectivity index (χ1n) is 47.4. The van der Waals surface area contributed by atoms with Crippen molar-refractivity contribution in [2.45, 2.75) is 237 Å². The third-order valence-corrected chi connectivity index (χ3v) is 37.5. The van der Waals surface area contributed by atoms with E-state index in [1.807, 2.05) is 104 Å². The molecule has 762 valence electrons. The number of pyridine rings is 5. The Bertz CT molecular complexity index is 7740. The molecule has 0 saturated heterocycles. The summed E-state index contributed by atoms with van der Waals surface area (Å²) < 4.78 is 168. The number of nitrogens with zero attached hydrogens (tertiary/aromatic N) is 15. The largest absolute Gasteiger partial charge is 0.489 e. The molecule has 5 aromatic carbocycles. The quantitative estimate of drug-likeness (QED) is 0.0337. The van der Waals surface area contributed by atoms with E-state index in [9.17, 15) is 42.1 Å². The lowest BCUT2D eigenvalue weighted by atomic mass is 10.1. The third kappa shape index (κ3) is 24.8. The number of rotatable bonds is 34. The summed E-state index contributed by atoms with van der Waals surface area (Å²) in [7, 11) is -16.7. The Morgan fingerprint density at radius 2 is 0.552 bits per heavy atom. The van der Waals surface area contributed by atoms with Crippen LogP contribution >= 0.6 is 92.8 Å². The highest BCUT2D eigenvalue weighted by Gasteiger charge is 2.52. The second-order valence-corrected chi connectivity index (χ2v) is 53.6. The van der Waals surface area contributed by atoms with Gasteiger partial charge in [-0.05, 0) is 361 Å². The van der Waals surface area contributed by atoms with E-state index in [4.69, 9.17) is 116 Å². The maximum atomic E-state index is 12.6. The molecule has 0 atom stereocenters. The zero-order valence-corrected chi connectivity index (χ0v) is 89.2. The normalized spacial score (nSPS) is 16.9. The van der Waals surface area contributed by atoms with Crippen molar-refractivity contribution in [3.8, 4) is 28.7 Å². The van der Waals surface area contributed by atoms with Crippen molar-refractivity contribution in [1.29, 1.82) is 0 Å². The first kappa shape index (κ1) is 102. The molecular weight excluding hydrogens is 2130 g/mol. The summed E-state index contributed by atoms with van der Waals surface area (Å²) in [5, 5.41) is 45.1. The molecule has 0 bridgehead atoms. The molecule has 10 heterocycles. The Balaban J connectivity index is 0.000000110. The minimum Gasteiger partial charge on any atom is -0.489 e. The molecule has 10 aromatic heterocycles. The Kier molecular flexibility index (Phi) is 28.5. The Morgan fingerprint density at radius 3 is 0.814 bits per heavy atom. The minimum absolute atomic E-state index is 0.0696. The van der Waals surface area contributed by atoms with Gasteiger partial charge in [0.15, 0.2) is 59.6 Å². The lowest BCUT2D eigenvalue weighted by Gasteiger charge is -2.14. The summed E-state index contributed by atoms with van der Waals surface area (Å²) in [6, 6.07) is 36.1. The number of anilines is 3. The third-order valence-electron chi connectivity index (χ3n) is 26.7. The van der Waals surface area contributed by atoms with E-state index in [-0.39, 0.29) is 39.9 Å². The second-order valence-electron chi connectivity index (χ2n) is 39.3. The zero-order chi connectivity index (χ0) is 102. The molecule has 24 rings (SSSR count). The number of halogens is 8. The summed E-state index contributed by atoms with van der Waals surface area (Å²) in [6.45, 7) is 9.22. The van der Waals surface area contributed by atoms with Gasteiger partial charge in [0.2, 0.25) is 47.9 Å². The van der Waals surface area contributed by atoms with Crippen molar-refractivity contribution in [2.75, 3.05) is 20.4 Å². The second kappa shape index (κ2) is 40.6. The molecule has 9 aliphatic carbocycles. The molecular formula is C99H100Cl8N18O15S5. The number of hydrogen-bond acceptors (Lipinski definition) is 25. The molecule has 3 N–H and O–H groups in total. The lowest BCUT2D eigenvalue weighted by Crippen LogP contribution is -2.27. The smallest absolute Gasteiger partial charge is 0.242 e. The lowest BCUT2D eigenvalue weighted by molar-refractivity contribution is 0.304. The average Bonchev–Trinajstić information content (AvgIpc) is 1.59. The highest BCUT2D eigenvalue weighted by molar-refractivity contribution is 7.94. The maximum absolute atomic E-state index is 12.6. The number of benzene rings is 5. The van der Waals surface area contributed by atoms with Crippen molar-refractivity contribution in [2.24, 2.45) is 0 Å². The van der Waals surface area contributed by atoms with Gasteiger partial charge in [-0.3, -0.25) is 36.2 Å². The molecule has 9 fully saturated rings. The van der Waals surface area contributed by atoms with Gasteiger partial charge in [-0.15, -0.1) is 51.0 Å². The molecule has 0 amide bonds. The van der Waals surface area contributed by atoms with Crippen LogP contribution in [0.3, 0.4) is 0 Å². The van der Waals surface area contributed by atoms with E-state index in [0.717, 1.165) is 150 Å². The summed E-state index contributed by atoms with van der Waals surface area (Å²) in [5.41, 5.74) is 15.7. The van der Waals surface area contributed by atoms with Gasteiger partial charge in [0.1, 0.15) is 73.3 Å². The van der Waals surface area contributed by atoms with Crippen LogP contribution < -0.4 is 37.9 Å². The fourth-order valence-corrected chi connectivity index (χ4v) is 25.3. The number of aromatic nitrogens is 15. The van der Waals surface area contributed by atoms with Crippen LogP contribution in [0, 0.1) is 13.8 Å². The molecule has 9 aliphatic rings. The van der Waals surface area contributed by atoms with Crippen LogP contribution in [0.5, 0.6) is 28.7 Å². The van der Waals surface area contributed by atoms with Gasteiger partial charge in [0.05, 0.1) is 20.0 Å². The van der Waals surface area contributed by atoms with Crippen LogP contribution in [0.4, 0.5) is 17.8 Å². The Morgan fingerprint density at radius 1 is 0.303 bits per heavy atom. The van der Waals surface area contributed by atoms with Crippen LogP contribution in [0.25, 0.3) is 28.2 Å². The predicted octanol–water partition coefficient (Wildman–Crippen LogP) is 21.9. The van der Waals surface area contributed by atoms with Gasteiger partial charge in [0, 0.05) is 77.4 Å². The van der Waals surface area contributed by atoms with Crippen LogP contribution in [0.2, 0.25) is 40.2 Å². The van der Waals surface area contributed by atoms with E-state index in [1.54, 1.807) is 98.2 Å². The predicted molar refractivity (Wildman–Crippen MR) is 558 cm³/mol. The topological polar surface area (TPSA) is 404 Å². The van der Waals surface area contributed by atoms with Gasteiger partial charge < -0.3 is 23.7 Å². The summed E-state index contributed by atoms with van der Waals surface area (Å²) in [5.74, 6) is 6.81. The Labute approximate surface area is 877 Å². The molecule has 0 spiro atoms. The highest BCUT2D eigenvalue weighted by atomic mass is 35.5. The number of sulfonamides is 3. The molecule has 0 aliphatic heterocycles. The summed E-state index contributed by atoms with van der Waals surface area (Å²) in [4.78, 5) is 0. The van der Waals surface area contributed by atoms with E-state index in [0.29, 0.717) is 204 Å². The number of nitrogens with one attached hydrogen (secondary N) is 3. The van der Waals surface area contributed by atoms with Crippen molar-refractivity contribution in [1.82, 2.24) is 73.0 Å². The first-order chi connectivity index (χ1) is 69.0. The first-order valence-corrected chi connectivity index (χ1v) is 58.7.